The van der Waals surface area contributed by atoms with Crippen LogP contribution >= 0.6 is 0 Å². The quantitative estimate of drug-likeness (QED) is 0.727. The fourth-order valence-corrected chi connectivity index (χ4v) is 2.33. The molecule has 96 valence electrons. The highest BCUT2D eigenvalue weighted by atomic mass is 14.9. The number of H-pyrrole nitrogens is 1. The van der Waals surface area contributed by atoms with E-state index in [4.69, 9.17) is 0 Å². The van der Waals surface area contributed by atoms with Crippen LogP contribution in [0.3, 0.4) is 0 Å². The van der Waals surface area contributed by atoms with Crippen molar-refractivity contribution in [2.24, 2.45) is 0 Å². The lowest BCUT2D eigenvalue weighted by Gasteiger charge is -2.06. The first kappa shape index (κ1) is 12.2. The first-order chi connectivity index (χ1) is 9.81. The van der Waals surface area contributed by atoms with Crippen LogP contribution in [0.1, 0.15) is 11.1 Å². The van der Waals surface area contributed by atoms with Gasteiger partial charge in [0, 0.05) is 0 Å². The molecule has 3 nitrogen and oxygen atoms in total. The Hall–Kier alpha value is -2.86. The van der Waals surface area contributed by atoms with E-state index < -0.39 is 0 Å². The normalized spacial score (nSPS) is 10.3. The molecule has 3 heteroatoms. The van der Waals surface area contributed by atoms with Crippen LogP contribution in [0.25, 0.3) is 22.2 Å². The molecule has 0 aliphatic carbocycles. The van der Waals surface area contributed by atoms with Crippen LogP contribution in [-0.2, 0) is 6.42 Å². The van der Waals surface area contributed by atoms with Crippen molar-refractivity contribution in [2.45, 2.75) is 6.42 Å². The highest BCUT2D eigenvalue weighted by Crippen LogP contribution is 2.27. The molecule has 2 aromatic carbocycles. The third-order valence-corrected chi connectivity index (χ3v) is 3.32. The van der Waals surface area contributed by atoms with E-state index in [2.05, 4.69) is 22.6 Å². The molecule has 0 atom stereocenters. The van der Waals surface area contributed by atoms with E-state index >= 15 is 0 Å². The lowest BCUT2D eigenvalue weighted by Crippen LogP contribution is -1.88. The Bertz CT molecular complexity index is 822. The van der Waals surface area contributed by atoms with Crippen LogP contribution in [0, 0.1) is 11.3 Å². The highest BCUT2D eigenvalue weighted by molar-refractivity contribution is 5.83. The molecule has 0 saturated carbocycles. The predicted octanol–water partition coefficient (Wildman–Crippen LogP) is 3.83. The van der Waals surface area contributed by atoms with Gasteiger partial charge in [0.05, 0.1) is 29.0 Å². The molecule has 1 heterocycles. The van der Waals surface area contributed by atoms with Gasteiger partial charge in [0.15, 0.2) is 0 Å². The van der Waals surface area contributed by atoms with Gasteiger partial charge in [-0.3, -0.25) is 0 Å². The zero-order valence-electron chi connectivity index (χ0n) is 10.9. The van der Waals surface area contributed by atoms with E-state index in [1.165, 1.54) is 0 Å². The van der Waals surface area contributed by atoms with Gasteiger partial charge in [0.2, 0.25) is 0 Å². The van der Waals surface area contributed by atoms with Gasteiger partial charge in [-0.2, -0.15) is 5.26 Å². The zero-order chi connectivity index (χ0) is 13.9. The minimum absolute atomic E-state index is 0.680. The lowest BCUT2D eigenvalue weighted by molar-refractivity contribution is 1.27. The molecule has 0 fully saturated rings. The van der Waals surface area contributed by atoms with Crippen LogP contribution in [0.5, 0.6) is 0 Å². The topological polar surface area (TPSA) is 52.5 Å². The van der Waals surface area contributed by atoms with Crippen LogP contribution in [-0.4, -0.2) is 9.97 Å². The van der Waals surface area contributed by atoms with Gasteiger partial charge < -0.3 is 4.98 Å². The summed E-state index contributed by atoms with van der Waals surface area (Å²) in [7, 11) is 0. The number of aromatic amines is 1. The molecule has 1 aromatic heterocycles. The number of imidazole rings is 1. The van der Waals surface area contributed by atoms with E-state index in [9.17, 15) is 5.26 Å². The number of nitriles is 1. The summed E-state index contributed by atoms with van der Waals surface area (Å²) in [4.78, 5) is 7.32. The minimum Gasteiger partial charge on any atom is -0.345 e. The average Bonchev–Trinajstić information content (AvgIpc) is 2.95. The Kier molecular flexibility index (Phi) is 3.06. The molecule has 1 N–H and O–H groups in total. The summed E-state index contributed by atoms with van der Waals surface area (Å²) >= 11 is 0. The Labute approximate surface area is 117 Å². The largest absolute Gasteiger partial charge is 0.345 e. The van der Waals surface area contributed by atoms with Crippen molar-refractivity contribution in [2.75, 3.05) is 0 Å². The highest BCUT2D eigenvalue weighted by Gasteiger charge is 2.07. The van der Waals surface area contributed by atoms with Gasteiger partial charge in [0.25, 0.3) is 0 Å². The third kappa shape index (κ3) is 2.08. The Balaban J connectivity index is 2.12. The molecule has 20 heavy (non-hydrogen) atoms. The van der Waals surface area contributed by atoms with E-state index in [0.717, 1.165) is 34.1 Å². The number of benzene rings is 2. The monoisotopic (exact) mass is 259 g/mol. The summed E-state index contributed by atoms with van der Waals surface area (Å²) in [5.74, 6) is 0. The number of hydrogen-bond acceptors (Lipinski definition) is 2. The predicted molar refractivity (Wildman–Crippen MR) is 80.1 cm³/mol. The SMILES string of the molecule is C=CCc1ccc(-c2ccc3[nH]cnc3c2)c(C#N)c1. The number of rotatable bonds is 3. The van der Waals surface area contributed by atoms with Crippen LogP contribution < -0.4 is 0 Å². The second-order valence-corrected chi connectivity index (χ2v) is 4.62. The molecule has 0 aliphatic rings. The Morgan fingerprint density at radius 2 is 2.15 bits per heavy atom. The molecule has 3 rings (SSSR count). The molecule has 0 unspecified atom stereocenters. The van der Waals surface area contributed by atoms with Gasteiger partial charge in [-0.05, 0) is 41.3 Å². The second-order valence-electron chi connectivity index (χ2n) is 4.62. The molecule has 0 saturated heterocycles. The number of aromatic nitrogens is 2. The summed E-state index contributed by atoms with van der Waals surface area (Å²) in [6.45, 7) is 3.73. The first-order valence-corrected chi connectivity index (χ1v) is 6.39. The smallest absolute Gasteiger partial charge is 0.0998 e. The van der Waals surface area contributed by atoms with Crippen molar-refractivity contribution in [3.63, 3.8) is 0 Å². The fourth-order valence-electron chi connectivity index (χ4n) is 2.33. The molecule has 0 amide bonds. The minimum atomic E-state index is 0.680. The zero-order valence-corrected chi connectivity index (χ0v) is 10.9. The van der Waals surface area contributed by atoms with Gasteiger partial charge in [-0.1, -0.05) is 24.3 Å². The number of allylic oxidation sites excluding steroid dienone is 1. The third-order valence-electron chi connectivity index (χ3n) is 3.32. The van der Waals surface area contributed by atoms with Gasteiger partial charge in [-0.15, -0.1) is 6.58 Å². The van der Waals surface area contributed by atoms with Gasteiger partial charge in [-0.25, -0.2) is 4.98 Å². The Morgan fingerprint density at radius 3 is 2.95 bits per heavy atom. The number of hydrogen-bond donors (Lipinski definition) is 1. The second kappa shape index (κ2) is 5.02. The van der Waals surface area contributed by atoms with Crippen molar-refractivity contribution in [1.82, 2.24) is 9.97 Å². The fraction of sp³-hybridized carbons (Fsp3) is 0.0588. The summed E-state index contributed by atoms with van der Waals surface area (Å²) in [5.41, 5.74) is 5.62. The lowest BCUT2D eigenvalue weighted by atomic mass is 9.97. The summed E-state index contributed by atoms with van der Waals surface area (Å²) in [5, 5.41) is 9.35. The van der Waals surface area contributed by atoms with Crippen molar-refractivity contribution in [3.05, 3.63) is 66.5 Å². The van der Waals surface area contributed by atoms with E-state index in [1.54, 1.807) is 6.33 Å². The van der Waals surface area contributed by atoms with E-state index in [1.807, 2.05) is 42.5 Å². The molecular formula is C17H13N3. The van der Waals surface area contributed by atoms with Gasteiger partial charge >= 0.3 is 0 Å². The van der Waals surface area contributed by atoms with Crippen molar-refractivity contribution >= 4 is 11.0 Å². The number of nitrogens with zero attached hydrogens (tertiary/aromatic N) is 2. The standard InChI is InChI=1S/C17H13N3/c1-2-3-12-4-6-15(14(8-12)10-18)13-5-7-16-17(9-13)20-11-19-16/h2,4-9,11H,1,3H2,(H,19,20). The summed E-state index contributed by atoms with van der Waals surface area (Å²) < 4.78 is 0. The van der Waals surface area contributed by atoms with Gasteiger partial charge in [0.1, 0.15) is 0 Å². The van der Waals surface area contributed by atoms with Crippen molar-refractivity contribution in [3.8, 4) is 17.2 Å². The average molecular weight is 259 g/mol. The molecule has 0 radical (unpaired) electrons. The van der Waals surface area contributed by atoms with E-state index in [0.29, 0.717) is 5.56 Å². The van der Waals surface area contributed by atoms with Crippen LogP contribution in [0.4, 0.5) is 0 Å². The first-order valence-electron chi connectivity index (χ1n) is 6.39. The van der Waals surface area contributed by atoms with E-state index in [-0.39, 0.29) is 0 Å². The molecule has 0 spiro atoms. The number of fused-ring (bicyclic) bond motifs is 1. The maximum absolute atomic E-state index is 9.35. The summed E-state index contributed by atoms with van der Waals surface area (Å²) in [6, 6.07) is 14.2. The Morgan fingerprint density at radius 1 is 1.25 bits per heavy atom. The van der Waals surface area contributed by atoms with Crippen molar-refractivity contribution in [1.29, 1.82) is 5.26 Å². The molecular weight excluding hydrogens is 246 g/mol. The van der Waals surface area contributed by atoms with Crippen molar-refractivity contribution < 1.29 is 0 Å². The maximum atomic E-state index is 9.35. The molecule has 0 bridgehead atoms. The maximum Gasteiger partial charge on any atom is 0.0998 e. The van der Waals surface area contributed by atoms with Crippen LogP contribution in [0.15, 0.2) is 55.4 Å². The number of nitrogens with one attached hydrogen (secondary N) is 1. The molecule has 3 aromatic rings. The molecule has 0 aliphatic heterocycles. The summed E-state index contributed by atoms with van der Waals surface area (Å²) in [6.07, 6.45) is 4.28. The van der Waals surface area contributed by atoms with Crippen LogP contribution in [0.2, 0.25) is 0 Å².